The van der Waals surface area contributed by atoms with Crippen molar-refractivity contribution in [2.24, 2.45) is 0 Å². The first-order valence-corrected chi connectivity index (χ1v) is 15.2. The number of hydrogen-bond donors (Lipinski definition) is 1. The molecule has 0 unspecified atom stereocenters. The molecule has 0 aliphatic heterocycles. The Morgan fingerprint density at radius 3 is 2.00 bits per heavy atom. The predicted molar refractivity (Wildman–Crippen MR) is 158 cm³/mol. The smallest absolute Gasteiger partial charge is 0.304 e. The largest absolute Gasteiger partial charge is 0.352 e. The van der Waals surface area contributed by atoms with Crippen LogP contribution in [0, 0.1) is 5.82 Å². The van der Waals surface area contributed by atoms with E-state index >= 15 is 0 Å². The summed E-state index contributed by atoms with van der Waals surface area (Å²) < 4.78 is 42.4. The fraction of sp³-hybridized carbons (Fsp3) is 0.355. The average Bonchev–Trinajstić information content (AvgIpc) is 3.48. The summed E-state index contributed by atoms with van der Waals surface area (Å²) in [6, 6.07) is 22.8. The van der Waals surface area contributed by atoms with Crippen molar-refractivity contribution in [3.05, 3.63) is 102 Å². The molecule has 0 bridgehead atoms. The standard InChI is InChI=1S/C31H37FN4O4S/c1-34(2)41(39,40)36(28-19-17-26(32)18-20-28)23-30(37)35(22-25-13-7-4-8-14-25)29(21-24-11-5-3-6-12-24)31(38)33-27-15-9-10-16-27/h3-8,11-14,17-20,27,29H,9-10,15-16,21-23H2,1-2H3,(H,33,38)/t29-/m0/s1. The highest BCUT2D eigenvalue weighted by Gasteiger charge is 2.35. The number of amides is 2. The molecule has 1 atom stereocenters. The molecule has 10 heteroatoms. The second kappa shape index (κ2) is 13.7. The molecule has 1 fully saturated rings. The third kappa shape index (κ3) is 7.92. The lowest BCUT2D eigenvalue weighted by atomic mass is 10.0. The number of benzene rings is 3. The van der Waals surface area contributed by atoms with E-state index in [-0.39, 0.29) is 30.6 Å². The second-order valence-corrected chi connectivity index (χ2v) is 12.5. The van der Waals surface area contributed by atoms with Gasteiger partial charge in [-0.15, -0.1) is 0 Å². The van der Waals surface area contributed by atoms with Crippen molar-refractivity contribution >= 4 is 27.7 Å². The lowest BCUT2D eigenvalue weighted by molar-refractivity contribution is -0.140. The van der Waals surface area contributed by atoms with E-state index in [4.69, 9.17) is 0 Å². The molecule has 3 aromatic carbocycles. The molecular formula is C31H37FN4O4S. The highest BCUT2D eigenvalue weighted by Crippen LogP contribution is 2.23. The maximum absolute atomic E-state index is 14.2. The van der Waals surface area contributed by atoms with E-state index in [9.17, 15) is 22.4 Å². The van der Waals surface area contributed by atoms with Crippen LogP contribution in [-0.4, -0.2) is 62.2 Å². The molecule has 1 saturated carbocycles. The fourth-order valence-corrected chi connectivity index (χ4v) is 6.08. The monoisotopic (exact) mass is 580 g/mol. The van der Waals surface area contributed by atoms with Gasteiger partial charge >= 0.3 is 10.2 Å². The summed E-state index contributed by atoms with van der Waals surface area (Å²) in [7, 11) is -1.40. The van der Waals surface area contributed by atoms with Gasteiger partial charge in [0.15, 0.2) is 0 Å². The molecular weight excluding hydrogens is 543 g/mol. The Kier molecular flexibility index (Phi) is 10.1. The summed E-state index contributed by atoms with van der Waals surface area (Å²) in [5.41, 5.74) is 1.82. The van der Waals surface area contributed by atoms with Crippen molar-refractivity contribution < 1.29 is 22.4 Å². The van der Waals surface area contributed by atoms with Gasteiger partial charge in [-0.25, -0.2) is 8.70 Å². The van der Waals surface area contributed by atoms with Crippen molar-refractivity contribution in [3.63, 3.8) is 0 Å². The molecule has 218 valence electrons. The molecule has 8 nitrogen and oxygen atoms in total. The van der Waals surface area contributed by atoms with Crippen LogP contribution in [0.1, 0.15) is 36.8 Å². The predicted octanol–water partition coefficient (Wildman–Crippen LogP) is 4.14. The van der Waals surface area contributed by atoms with Gasteiger partial charge in [0.2, 0.25) is 11.8 Å². The molecule has 0 radical (unpaired) electrons. The summed E-state index contributed by atoms with van der Waals surface area (Å²) >= 11 is 0. The molecule has 0 heterocycles. The van der Waals surface area contributed by atoms with Crippen LogP contribution < -0.4 is 9.62 Å². The number of carbonyl (C=O) groups excluding carboxylic acids is 2. The second-order valence-electron chi connectivity index (χ2n) is 10.5. The summed E-state index contributed by atoms with van der Waals surface area (Å²) in [5.74, 6) is -1.35. The lowest BCUT2D eigenvalue weighted by Gasteiger charge is -2.35. The molecule has 1 aliphatic rings. The van der Waals surface area contributed by atoms with E-state index in [0.29, 0.717) is 0 Å². The minimum atomic E-state index is -4.13. The van der Waals surface area contributed by atoms with Gasteiger partial charge in [-0.3, -0.25) is 9.59 Å². The summed E-state index contributed by atoms with van der Waals surface area (Å²) in [6.45, 7) is -0.463. The first-order valence-electron chi connectivity index (χ1n) is 13.8. The minimum absolute atomic E-state index is 0.0410. The number of rotatable bonds is 12. The molecule has 1 aliphatic carbocycles. The van der Waals surface area contributed by atoms with Crippen LogP contribution in [0.3, 0.4) is 0 Å². The minimum Gasteiger partial charge on any atom is -0.352 e. The lowest BCUT2D eigenvalue weighted by Crippen LogP contribution is -2.55. The topological polar surface area (TPSA) is 90.0 Å². The van der Waals surface area contributed by atoms with Gasteiger partial charge in [0.25, 0.3) is 0 Å². The van der Waals surface area contributed by atoms with Crippen molar-refractivity contribution in [1.29, 1.82) is 0 Å². The number of anilines is 1. The fourth-order valence-electron chi connectivity index (χ4n) is 5.03. The van der Waals surface area contributed by atoms with Crippen LogP contribution in [0.4, 0.5) is 10.1 Å². The third-order valence-electron chi connectivity index (χ3n) is 7.30. The van der Waals surface area contributed by atoms with Gasteiger partial charge in [-0.05, 0) is 48.2 Å². The summed E-state index contributed by atoms with van der Waals surface area (Å²) in [5, 5.41) is 3.15. The van der Waals surface area contributed by atoms with Crippen molar-refractivity contribution in [2.75, 3.05) is 24.9 Å². The van der Waals surface area contributed by atoms with Crippen molar-refractivity contribution in [2.45, 2.75) is 50.7 Å². The maximum atomic E-state index is 14.2. The number of nitrogens with zero attached hydrogens (tertiary/aromatic N) is 3. The Labute approximate surface area is 241 Å². The Balaban J connectivity index is 1.73. The highest BCUT2D eigenvalue weighted by atomic mass is 32.2. The quantitative estimate of drug-likeness (QED) is 0.349. The van der Waals surface area contributed by atoms with Gasteiger partial charge < -0.3 is 10.2 Å². The average molecular weight is 581 g/mol. The van der Waals surface area contributed by atoms with Crippen LogP contribution in [0.2, 0.25) is 0 Å². The van der Waals surface area contributed by atoms with E-state index in [2.05, 4.69) is 5.32 Å². The van der Waals surface area contributed by atoms with Crippen LogP contribution in [0.25, 0.3) is 0 Å². The Bertz CT molecular complexity index is 1400. The summed E-state index contributed by atoms with van der Waals surface area (Å²) in [4.78, 5) is 29.5. The van der Waals surface area contributed by atoms with Gasteiger partial charge in [-0.2, -0.15) is 12.7 Å². The van der Waals surface area contributed by atoms with E-state index in [0.717, 1.165) is 57.6 Å². The number of carbonyl (C=O) groups is 2. The SMILES string of the molecule is CN(C)S(=O)(=O)N(CC(=O)N(Cc1ccccc1)[C@@H](Cc1ccccc1)C(=O)NC1CCCC1)c1ccc(F)cc1. The molecule has 0 aromatic heterocycles. The van der Waals surface area contributed by atoms with E-state index in [1.54, 1.807) is 0 Å². The Hall–Kier alpha value is -3.76. The molecule has 2 amide bonds. The van der Waals surface area contributed by atoms with Crippen LogP contribution >= 0.6 is 0 Å². The zero-order chi connectivity index (χ0) is 29.4. The summed E-state index contributed by atoms with van der Waals surface area (Å²) in [6.07, 6.45) is 4.10. The number of hydrogen-bond acceptors (Lipinski definition) is 4. The first-order chi connectivity index (χ1) is 19.6. The van der Waals surface area contributed by atoms with Crippen molar-refractivity contribution in [3.8, 4) is 0 Å². The van der Waals surface area contributed by atoms with Crippen molar-refractivity contribution in [1.82, 2.24) is 14.5 Å². The van der Waals surface area contributed by atoms with Gasteiger partial charge in [0, 0.05) is 33.1 Å². The maximum Gasteiger partial charge on any atom is 0.304 e. The van der Waals surface area contributed by atoms with E-state index in [1.165, 1.54) is 31.1 Å². The van der Waals surface area contributed by atoms with Crippen LogP contribution in [0.15, 0.2) is 84.9 Å². The molecule has 0 spiro atoms. The Morgan fingerprint density at radius 2 is 1.44 bits per heavy atom. The zero-order valence-corrected chi connectivity index (χ0v) is 24.3. The molecule has 3 aromatic rings. The Morgan fingerprint density at radius 1 is 0.878 bits per heavy atom. The highest BCUT2D eigenvalue weighted by molar-refractivity contribution is 7.90. The third-order valence-corrected chi connectivity index (χ3v) is 9.12. The normalized spacial score (nSPS) is 14.5. The van der Waals surface area contributed by atoms with E-state index in [1.807, 2.05) is 60.7 Å². The zero-order valence-electron chi connectivity index (χ0n) is 23.4. The van der Waals surface area contributed by atoms with Gasteiger partial charge in [-0.1, -0.05) is 73.5 Å². The van der Waals surface area contributed by atoms with Gasteiger partial charge in [0.05, 0.1) is 5.69 Å². The number of nitrogens with one attached hydrogen (secondary N) is 1. The van der Waals surface area contributed by atoms with E-state index < -0.39 is 34.5 Å². The number of halogens is 1. The molecule has 0 saturated heterocycles. The van der Waals surface area contributed by atoms with Crippen LogP contribution in [0.5, 0.6) is 0 Å². The molecule has 41 heavy (non-hydrogen) atoms. The van der Waals surface area contributed by atoms with Gasteiger partial charge in [0.1, 0.15) is 18.4 Å². The first kappa shape index (κ1) is 30.2. The molecule has 1 N–H and O–H groups in total. The van der Waals surface area contributed by atoms with Crippen LogP contribution in [-0.2, 0) is 32.8 Å². The molecule has 4 rings (SSSR count).